The second-order valence-electron chi connectivity index (χ2n) is 6.06. The third kappa shape index (κ3) is 2.31. The number of rotatable bonds is 3. The SMILES string of the molecule is C=CC1=C2CC(N(C)C)CCN2c2cc(OC)c(N)cc2N1. The predicted molar refractivity (Wildman–Crippen MR) is 92.3 cm³/mol. The maximum Gasteiger partial charge on any atom is 0.143 e. The summed E-state index contributed by atoms with van der Waals surface area (Å²) in [4.78, 5) is 4.66. The van der Waals surface area contributed by atoms with Crippen LogP contribution in [0.1, 0.15) is 12.8 Å². The van der Waals surface area contributed by atoms with Crippen molar-refractivity contribution < 1.29 is 4.74 Å². The summed E-state index contributed by atoms with van der Waals surface area (Å²) in [5.74, 6) is 0.719. The second kappa shape index (κ2) is 5.57. The van der Waals surface area contributed by atoms with Crippen molar-refractivity contribution in [2.45, 2.75) is 18.9 Å². The molecule has 0 aromatic heterocycles. The number of piperidine rings is 1. The van der Waals surface area contributed by atoms with Gasteiger partial charge in [0.2, 0.25) is 0 Å². The Morgan fingerprint density at radius 2 is 2.23 bits per heavy atom. The van der Waals surface area contributed by atoms with Crippen molar-refractivity contribution in [1.82, 2.24) is 4.90 Å². The Morgan fingerprint density at radius 1 is 1.45 bits per heavy atom. The summed E-state index contributed by atoms with van der Waals surface area (Å²) < 4.78 is 5.38. The molecule has 5 heteroatoms. The molecular formula is C17H24N4O. The van der Waals surface area contributed by atoms with Crippen LogP contribution < -0.4 is 20.7 Å². The summed E-state index contributed by atoms with van der Waals surface area (Å²) in [6.07, 6.45) is 4.03. The fraction of sp³-hybridized carbons (Fsp3) is 0.412. The first kappa shape index (κ1) is 14.8. The number of hydrogen-bond donors (Lipinski definition) is 2. The number of methoxy groups -OCH3 is 1. The molecule has 0 radical (unpaired) electrons. The van der Waals surface area contributed by atoms with E-state index >= 15 is 0 Å². The van der Waals surface area contributed by atoms with Crippen molar-refractivity contribution >= 4 is 17.1 Å². The van der Waals surface area contributed by atoms with E-state index in [1.54, 1.807) is 7.11 Å². The van der Waals surface area contributed by atoms with Crippen LogP contribution in [-0.2, 0) is 0 Å². The van der Waals surface area contributed by atoms with E-state index in [4.69, 9.17) is 10.5 Å². The third-order valence-electron chi connectivity index (χ3n) is 4.59. The van der Waals surface area contributed by atoms with E-state index < -0.39 is 0 Å². The van der Waals surface area contributed by atoms with Gasteiger partial charge in [-0.2, -0.15) is 0 Å². The van der Waals surface area contributed by atoms with Crippen molar-refractivity contribution in [3.63, 3.8) is 0 Å². The predicted octanol–water partition coefficient (Wildman–Crippen LogP) is 2.63. The molecule has 118 valence electrons. The Kier molecular flexibility index (Phi) is 3.74. The lowest BCUT2D eigenvalue weighted by Crippen LogP contribution is -2.43. The molecule has 0 spiro atoms. The van der Waals surface area contributed by atoms with Gasteiger partial charge in [-0.1, -0.05) is 6.58 Å². The van der Waals surface area contributed by atoms with Gasteiger partial charge in [0.15, 0.2) is 0 Å². The van der Waals surface area contributed by atoms with E-state index in [-0.39, 0.29) is 0 Å². The van der Waals surface area contributed by atoms with Crippen LogP contribution in [0.5, 0.6) is 5.75 Å². The summed E-state index contributed by atoms with van der Waals surface area (Å²) in [5.41, 5.74) is 11.2. The molecule has 1 aromatic rings. The van der Waals surface area contributed by atoms with Crippen LogP contribution in [0.2, 0.25) is 0 Å². The fourth-order valence-electron chi connectivity index (χ4n) is 3.28. The molecule has 5 nitrogen and oxygen atoms in total. The summed E-state index contributed by atoms with van der Waals surface area (Å²) in [5, 5.41) is 3.46. The van der Waals surface area contributed by atoms with Crippen molar-refractivity contribution in [1.29, 1.82) is 0 Å². The molecule has 1 fully saturated rings. The van der Waals surface area contributed by atoms with E-state index in [1.165, 1.54) is 5.70 Å². The highest BCUT2D eigenvalue weighted by Gasteiger charge is 2.31. The molecule has 2 heterocycles. The van der Waals surface area contributed by atoms with E-state index in [9.17, 15) is 0 Å². The minimum atomic E-state index is 0.556. The van der Waals surface area contributed by atoms with Crippen LogP contribution in [0.4, 0.5) is 17.1 Å². The van der Waals surface area contributed by atoms with Crippen molar-refractivity contribution in [3.8, 4) is 5.75 Å². The van der Waals surface area contributed by atoms with Gasteiger partial charge >= 0.3 is 0 Å². The maximum absolute atomic E-state index is 6.04. The summed E-state index contributed by atoms with van der Waals surface area (Å²) in [7, 11) is 5.93. The summed E-state index contributed by atoms with van der Waals surface area (Å²) >= 11 is 0. The Balaban J connectivity index is 2.04. The summed E-state index contributed by atoms with van der Waals surface area (Å²) in [6, 6.07) is 4.51. The Bertz CT molecular complexity index is 636. The van der Waals surface area contributed by atoms with E-state index in [1.807, 2.05) is 18.2 Å². The number of fused-ring (bicyclic) bond motifs is 3. The molecule has 2 aliphatic heterocycles. The average molecular weight is 300 g/mol. The van der Waals surface area contributed by atoms with Gasteiger partial charge in [-0.25, -0.2) is 0 Å². The molecule has 1 atom stereocenters. The Hall–Kier alpha value is -2.14. The van der Waals surface area contributed by atoms with Crippen LogP contribution in [0.3, 0.4) is 0 Å². The van der Waals surface area contributed by atoms with Crippen LogP contribution in [0, 0.1) is 0 Å². The number of hydrogen-bond acceptors (Lipinski definition) is 5. The molecule has 0 bridgehead atoms. The smallest absolute Gasteiger partial charge is 0.143 e. The normalized spacial score (nSPS) is 20.4. The van der Waals surface area contributed by atoms with Crippen molar-refractivity contribution in [3.05, 3.63) is 36.2 Å². The molecule has 1 aromatic carbocycles. The third-order valence-corrected chi connectivity index (χ3v) is 4.59. The second-order valence-corrected chi connectivity index (χ2v) is 6.06. The first-order valence-corrected chi connectivity index (χ1v) is 7.59. The number of allylic oxidation sites excluding steroid dienone is 1. The fourth-order valence-corrected chi connectivity index (χ4v) is 3.28. The number of nitrogen functional groups attached to an aromatic ring is 1. The highest BCUT2D eigenvalue weighted by atomic mass is 16.5. The average Bonchev–Trinajstić information content (AvgIpc) is 2.52. The highest BCUT2D eigenvalue weighted by molar-refractivity contribution is 5.84. The van der Waals surface area contributed by atoms with Crippen LogP contribution >= 0.6 is 0 Å². The van der Waals surface area contributed by atoms with Crippen LogP contribution in [0.25, 0.3) is 0 Å². The molecule has 0 amide bonds. The highest BCUT2D eigenvalue weighted by Crippen LogP contribution is 2.44. The van der Waals surface area contributed by atoms with E-state index in [0.717, 1.165) is 42.2 Å². The number of anilines is 3. The number of nitrogens with one attached hydrogen (secondary N) is 1. The number of ether oxygens (including phenoxy) is 1. The lowest BCUT2D eigenvalue weighted by molar-refractivity contribution is 0.263. The zero-order chi connectivity index (χ0) is 15.9. The molecule has 22 heavy (non-hydrogen) atoms. The van der Waals surface area contributed by atoms with Crippen molar-refractivity contribution in [2.75, 3.05) is 43.7 Å². The minimum absolute atomic E-state index is 0.556. The Morgan fingerprint density at radius 3 is 2.86 bits per heavy atom. The Labute approximate surface area is 132 Å². The first-order chi connectivity index (χ1) is 10.5. The quantitative estimate of drug-likeness (QED) is 0.841. The zero-order valence-electron chi connectivity index (χ0n) is 13.5. The van der Waals surface area contributed by atoms with Gasteiger partial charge in [0.25, 0.3) is 0 Å². The lowest BCUT2D eigenvalue weighted by atomic mass is 9.96. The molecule has 3 N–H and O–H groups in total. The molecule has 3 rings (SSSR count). The van der Waals surface area contributed by atoms with Gasteiger partial charge in [0, 0.05) is 30.8 Å². The van der Waals surface area contributed by atoms with Gasteiger partial charge in [0.05, 0.1) is 29.9 Å². The standard InChI is InChI=1S/C17H24N4O/c1-5-13-15-8-11(20(2)3)6-7-21(15)16-10-17(22-4)12(18)9-14(16)19-13/h5,9-11,19H,1,6-8,18H2,2-4H3. The lowest BCUT2D eigenvalue weighted by Gasteiger charge is -2.43. The van der Waals surface area contributed by atoms with Crippen molar-refractivity contribution in [2.24, 2.45) is 0 Å². The molecule has 0 aliphatic carbocycles. The van der Waals surface area contributed by atoms with Gasteiger partial charge in [-0.3, -0.25) is 0 Å². The van der Waals surface area contributed by atoms with Crippen LogP contribution in [-0.4, -0.2) is 38.7 Å². The number of benzene rings is 1. The number of nitrogens with two attached hydrogens (primary N) is 1. The van der Waals surface area contributed by atoms with Crippen LogP contribution in [0.15, 0.2) is 36.2 Å². The van der Waals surface area contributed by atoms with E-state index in [2.05, 4.69) is 35.8 Å². The van der Waals surface area contributed by atoms with E-state index in [0.29, 0.717) is 11.7 Å². The molecule has 2 aliphatic rings. The molecule has 1 saturated heterocycles. The van der Waals surface area contributed by atoms with Gasteiger partial charge in [0.1, 0.15) is 5.75 Å². The molecule has 1 unspecified atom stereocenters. The number of nitrogens with zero attached hydrogens (tertiary/aromatic N) is 2. The summed E-state index contributed by atoms with van der Waals surface area (Å²) in [6.45, 7) is 4.94. The van der Waals surface area contributed by atoms with Gasteiger partial charge < -0.3 is 25.6 Å². The molecular weight excluding hydrogens is 276 g/mol. The maximum atomic E-state index is 6.04. The van der Waals surface area contributed by atoms with Gasteiger partial charge in [-0.15, -0.1) is 0 Å². The largest absolute Gasteiger partial charge is 0.495 e. The first-order valence-electron chi connectivity index (χ1n) is 7.59. The van der Waals surface area contributed by atoms with Gasteiger partial charge in [-0.05, 0) is 32.7 Å². The molecule has 0 saturated carbocycles. The minimum Gasteiger partial charge on any atom is -0.495 e. The zero-order valence-corrected chi connectivity index (χ0v) is 13.5. The topological polar surface area (TPSA) is 53.8 Å². The monoisotopic (exact) mass is 300 g/mol.